The number of halogens is 2. The van der Waals surface area contributed by atoms with Crippen molar-refractivity contribution in [3.8, 4) is 22.3 Å². The van der Waals surface area contributed by atoms with E-state index >= 15 is 8.78 Å². The van der Waals surface area contributed by atoms with Crippen molar-refractivity contribution in [2.24, 2.45) is 11.8 Å². The highest BCUT2D eigenvalue weighted by Crippen LogP contribution is 2.38. The van der Waals surface area contributed by atoms with Crippen LogP contribution in [0.3, 0.4) is 0 Å². The minimum atomic E-state index is -0.690. The highest BCUT2D eigenvalue weighted by atomic mass is 19.1. The van der Waals surface area contributed by atoms with E-state index in [1.807, 2.05) is 21.9 Å². The topological polar surface area (TPSA) is 225 Å². The van der Waals surface area contributed by atoms with Gasteiger partial charge in [0.05, 0.1) is 61.7 Å². The van der Waals surface area contributed by atoms with Gasteiger partial charge < -0.3 is 51.2 Å². The van der Waals surface area contributed by atoms with Crippen LogP contribution in [0.25, 0.3) is 22.3 Å². The molecule has 0 radical (unpaired) electrons. The predicted molar refractivity (Wildman–Crippen MR) is 307 cm³/mol. The average Bonchev–Trinajstić information content (AvgIpc) is 4.38. The molecule has 2 saturated heterocycles. The molecule has 4 heterocycles. The van der Waals surface area contributed by atoms with Crippen LogP contribution < -0.4 is 31.9 Å². The lowest BCUT2D eigenvalue weighted by molar-refractivity contribution is -0.139. The summed E-state index contributed by atoms with van der Waals surface area (Å²) < 4.78 is 41.6. The van der Waals surface area contributed by atoms with Crippen molar-refractivity contribution >= 4 is 35.4 Å². The third-order valence-electron chi connectivity index (χ3n) is 16.9. The molecule has 8 rings (SSSR count). The molecule has 6 amide bonds. The number of amides is 6. The van der Waals surface area contributed by atoms with E-state index in [0.29, 0.717) is 35.3 Å². The number of pyridine rings is 2. The van der Waals surface area contributed by atoms with Crippen molar-refractivity contribution < 1.29 is 47.0 Å². The summed E-state index contributed by atoms with van der Waals surface area (Å²) >= 11 is 0. The molecule has 2 saturated carbocycles. The number of likely N-dealkylation sites (N-methyl/N-ethyl adjacent to an activating group) is 2. The number of ether oxygens (including phenoxy) is 2. The van der Waals surface area contributed by atoms with Gasteiger partial charge in [0.1, 0.15) is 23.7 Å². The van der Waals surface area contributed by atoms with E-state index in [9.17, 15) is 28.8 Å². The molecular weight excluding hydrogens is 1050 g/mol. The van der Waals surface area contributed by atoms with Gasteiger partial charge in [0, 0.05) is 62.1 Å². The summed E-state index contributed by atoms with van der Waals surface area (Å²) in [5, 5.41) is 17.5. The molecule has 2 aliphatic carbocycles. The summed E-state index contributed by atoms with van der Waals surface area (Å²) in [6.45, 7) is 5.46. The molecule has 0 bridgehead atoms. The van der Waals surface area contributed by atoms with Gasteiger partial charge in [-0.15, -0.1) is 0 Å². The third kappa shape index (κ3) is 15.7. The highest BCUT2D eigenvalue weighted by Gasteiger charge is 2.41. The van der Waals surface area contributed by atoms with E-state index in [4.69, 9.17) is 9.47 Å². The van der Waals surface area contributed by atoms with Crippen LogP contribution >= 0.6 is 0 Å². The second-order valence-corrected chi connectivity index (χ2v) is 22.3. The first-order valence-corrected chi connectivity index (χ1v) is 29.5. The highest BCUT2D eigenvalue weighted by molar-refractivity contribution is 5.97. The number of hydrogen-bond acceptors (Lipinski definition) is 12. The van der Waals surface area contributed by atoms with Gasteiger partial charge in [-0.25, -0.2) is 8.78 Å². The quantitative estimate of drug-likeness (QED) is 0.0371. The van der Waals surface area contributed by atoms with E-state index in [1.54, 1.807) is 64.9 Å². The molecule has 2 aromatic carbocycles. The zero-order valence-electron chi connectivity index (χ0n) is 47.9. The first kappa shape index (κ1) is 61.3. The Morgan fingerprint density at radius 3 is 1.32 bits per heavy atom. The largest absolute Gasteiger partial charge is 0.377 e. The molecule has 2 aromatic heterocycles. The fraction of sp³-hybridized carbons (Fsp3) is 0.548. The Hall–Kier alpha value is -6.74. The molecule has 82 heavy (non-hydrogen) atoms. The maximum atomic E-state index is 15.2. The third-order valence-corrected chi connectivity index (χ3v) is 16.9. The van der Waals surface area contributed by atoms with Crippen molar-refractivity contribution in [2.45, 2.75) is 140 Å². The number of nitrogens with zero attached hydrogens (tertiary/aromatic N) is 4. The number of nitrogens with one attached hydrogen (secondary N) is 6. The zero-order chi connectivity index (χ0) is 58.1. The molecule has 6 atom stereocenters. The summed E-state index contributed by atoms with van der Waals surface area (Å²) in [4.78, 5) is 94.0. The van der Waals surface area contributed by atoms with E-state index < -0.39 is 47.6 Å². The van der Waals surface area contributed by atoms with Gasteiger partial charge in [0.25, 0.3) is 11.8 Å². The van der Waals surface area contributed by atoms with E-state index in [1.165, 1.54) is 24.3 Å². The zero-order valence-corrected chi connectivity index (χ0v) is 47.9. The smallest absolute Gasteiger partial charge is 0.254 e. The van der Waals surface area contributed by atoms with Crippen LogP contribution in [0.2, 0.25) is 0 Å². The lowest BCUT2D eigenvalue weighted by Crippen LogP contribution is -2.55. The number of rotatable bonds is 25. The minimum Gasteiger partial charge on any atom is -0.377 e. The molecule has 18 nitrogen and oxygen atoms in total. The second-order valence-electron chi connectivity index (χ2n) is 22.3. The Bertz CT molecular complexity index is 2660. The summed E-state index contributed by atoms with van der Waals surface area (Å²) in [6.07, 6.45) is 19.7. The van der Waals surface area contributed by atoms with Gasteiger partial charge in [-0.1, -0.05) is 50.7 Å². The number of likely N-dealkylation sites (tertiary alicyclic amines) is 2. The summed E-state index contributed by atoms with van der Waals surface area (Å²) in [6, 6.07) is 9.85. The number of aromatic nitrogens is 2. The molecule has 442 valence electrons. The van der Waals surface area contributed by atoms with E-state index in [-0.39, 0.29) is 98.2 Å². The van der Waals surface area contributed by atoms with Gasteiger partial charge >= 0.3 is 0 Å². The average molecular weight is 1130 g/mol. The molecule has 0 spiro atoms. The van der Waals surface area contributed by atoms with Gasteiger partial charge in [0.2, 0.25) is 23.6 Å². The van der Waals surface area contributed by atoms with Crippen LogP contribution in [0, 0.1) is 23.5 Å². The summed E-state index contributed by atoms with van der Waals surface area (Å²) in [7, 11) is 3.44. The summed E-state index contributed by atoms with van der Waals surface area (Å²) in [5.74, 6) is -3.07. The van der Waals surface area contributed by atoms with Crippen molar-refractivity contribution in [3.63, 3.8) is 0 Å². The van der Waals surface area contributed by atoms with Crippen LogP contribution in [0.1, 0.15) is 148 Å². The SMILES string of the molecule is CN[C@@H](C)C(=O)N[C@H](C(=O)N1CCC[C@H]1c1cncc(-c2ccc(F)c(C(=O)NCCOCCOCCNC(=O)c3cc(-c4cncc([C@@H]5CCCN5C(=O)[C@@H](NC(=O)[C@H](C)NC)C5CCCCC5)c4)ccc3F)c2)c1)C1CCCCC1. The van der Waals surface area contributed by atoms with Crippen molar-refractivity contribution in [1.29, 1.82) is 0 Å². The Balaban J connectivity index is 0.772. The molecule has 2 aliphatic heterocycles. The second kappa shape index (κ2) is 30.0. The monoisotopic (exact) mass is 1130 g/mol. The molecule has 0 unspecified atom stereocenters. The maximum Gasteiger partial charge on any atom is 0.254 e. The molecule has 4 aliphatic rings. The van der Waals surface area contributed by atoms with Crippen molar-refractivity contribution in [2.75, 3.05) is 66.7 Å². The maximum absolute atomic E-state index is 15.2. The molecule has 4 fully saturated rings. The lowest BCUT2D eigenvalue weighted by atomic mass is 9.83. The Kier molecular flexibility index (Phi) is 22.4. The first-order valence-electron chi connectivity index (χ1n) is 29.5. The van der Waals surface area contributed by atoms with Crippen molar-refractivity contribution in [3.05, 3.63) is 107 Å². The van der Waals surface area contributed by atoms with E-state index in [0.717, 1.165) is 101 Å². The Labute approximate surface area is 480 Å². The van der Waals surface area contributed by atoms with Crippen LogP contribution in [0.15, 0.2) is 73.3 Å². The predicted octanol–water partition coefficient (Wildman–Crippen LogP) is 6.95. The number of carbonyl (C=O) groups excluding carboxylic acids is 6. The van der Waals surface area contributed by atoms with Crippen LogP contribution in [0.4, 0.5) is 8.78 Å². The molecule has 4 aromatic rings. The fourth-order valence-electron chi connectivity index (χ4n) is 12.0. The minimum absolute atomic E-state index is 0.0606. The van der Waals surface area contributed by atoms with Gasteiger partial charge in [-0.2, -0.15) is 0 Å². The lowest BCUT2D eigenvalue weighted by Gasteiger charge is -2.35. The summed E-state index contributed by atoms with van der Waals surface area (Å²) in [5.41, 5.74) is 3.85. The van der Waals surface area contributed by atoms with Crippen LogP contribution in [-0.2, 0) is 28.7 Å². The number of benzene rings is 2. The number of carbonyl (C=O) groups is 6. The van der Waals surface area contributed by atoms with Crippen LogP contribution in [0.5, 0.6) is 0 Å². The van der Waals surface area contributed by atoms with Gasteiger partial charge in [0.15, 0.2) is 0 Å². The number of hydrogen-bond donors (Lipinski definition) is 6. The normalized spacial score (nSPS) is 19.2. The Morgan fingerprint density at radius 1 is 0.524 bits per heavy atom. The van der Waals surface area contributed by atoms with E-state index in [2.05, 4.69) is 41.9 Å². The standard InChI is InChI=1S/C62H82F2N10O8/c1-39(65-3)57(75)71-55(41-13-7-5-8-14-41)61(79)73-25-11-17-53(73)47-31-45(35-67-37-47)43-19-21-51(63)49(33-43)59(77)69-23-27-81-29-30-82-28-24-70-60(78)50-34-44(20-22-52(50)64)46-32-48(38-68-36-46)54-18-12-26-74(54)62(80)56(42-15-9-6-10-16-42)72-58(76)40(2)66-4/h19-22,31-42,53-56,65-66H,5-18,23-30H2,1-4H3,(H,69,77)(H,70,78)(H,71,75)(H,72,76)/t39-,40-,53-,54-,55-,56-/m0/s1. The first-order chi connectivity index (χ1) is 39.8. The van der Waals surface area contributed by atoms with Gasteiger partial charge in [-0.3, -0.25) is 38.7 Å². The molecule has 20 heteroatoms. The van der Waals surface area contributed by atoms with Crippen LogP contribution in [-0.4, -0.2) is 146 Å². The molecular formula is C62H82F2N10O8. The fourth-order valence-corrected chi connectivity index (χ4v) is 12.0. The Morgan fingerprint density at radius 2 is 0.927 bits per heavy atom. The van der Waals surface area contributed by atoms with Crippen molar-refractivity contribution in [1.82, 2.24) is 51.7 Å². The van der Waals surface area contributed by atoms with Gasteiger partial charge in [-0.05, 0) is 150 Å². The molecule has 6 N–H and O–H groups in total.